The minimum absolute atomic E-state index is 0.0463. The van der Waals surface area contributed by atoms with Crippen LogP contribution < -0.4 is 10.1 Å². The van der Waals surface area contributed by atoms with Gasteiger partial charge in [-0.05, 0) is 32.0 Å². The van der Waals surface area contributed by atoms with Gasteiger partial charge in [0.25, 0.3) is 9.05 Å². The molecule has 0 radical (unpaired) electrons. The van der Waals surface area contributed by atoms with E-state index < -0.39 is 9.05 Å². The second-order valence-corrected chi connectivity index (χ2v) is 7.11. The van der Waals surface area contributed by atoms with Crippen molar-refractivity contribution in [2.24, 2.45) is 0 Å². The van der Waals surface area contributed by atoms with Gasteiger partial charge in [0.05, 0.1) is 18.1 Å². The third kappa shape index (κ3) is 5.91. The van der Waals surface area contributed by atoms with Crippen LogP contribution in [0.2, 0.25) is 0 Å². The predicted molar refractivity (Wildman–Crippen MR) is 79.0 cm³/mol. The Morgan fingerprint density at radius 2 is 2.05 bits per heavy atom. The van der Waals surface area contributed by atoms with Gasteiger partial charge < -0.3 is 14.8 Å². The summed E-state index contributed by atoms with van der Waals surface area (Å²) in [6.07, 6.45) is -0.0463. The Hall–Kier alpha value is -1.31. The molecule has 0 aliphatic rings. The van der Waals surface area contributed by atoms with Crippen LogP contribution in [0.1, 0.15) is 19.4 Å². The highest BCUT2D eigenvalue weighted by Crippen LogP contribution is 2.24. The molecule has 1 aromatic carbocycles. The molecule has 0 unspecified atom stereocenters. The standard InChI is InChI=1S/C13H18ClNO5S/c1-9(2)20-8-13(16)15-7-10-6-11(21(14,17)18)4-5-12(10)19-3/h4-6,9H,7-8H2,1-3H3,(H,15,16). The van der Waals surface area contributed by atoms with Crippen LogP contribution in [0.15, 0.2) is 23.1 Å². The average Bonchev–Trinajstić information content (AvgIpc) is 2.41. The van der Waals surface area contributed by atoms with Crippen molar-refractivity contribution >= 4 is 25.6 Å². The maximum atomic E-state index is 11.6. The molecular weight excluding hydrogens is 318 g/mol. The molecule has 1 aromatic rings. The van der Waals surface area contributed by atoms with Crippen molar-refractivity contribution in [2.75, 3.05) is 13.7 Å². The molecule has 8 heteroatoms. The molecule has 0 aliphatic carbocycles. The van der Waals surface area contributed by atoms with Gasteiger partial charge in [0.1, 0.15) is 12.4 Å². The zero-order valence-corrected chi connectivity index (χ0v) is 13.6. The molecule has 0 heterocycles. The van der Waals surface area contributed by atoms with Gasteiger partial charge in [-0.25, -0.2) is 8.42 Å². The molecule has 0 bridgehead atoms. The van der Waals surface area contributed by atoms with E-state index in [9.17, 15) is 13.2 Å². The Morgan fingerprint density at radius 1 is 1.38 bits per heavy atom. The molecule has 0 aliphatic heterocycles. The summed E-state index contributed by atoms with van der Waals surface area (Å²) in [5, 5.41) is 2.63. The number of carbonyl (C=O) groups is 1. The summed E-state index contributed by atoms with van der Waals surface area (Å²) in [4.78, 5) is 11.5. The van der Waals surface area contributed by atoms with Crippen molar-refractivity contribution in [2.45, 2.75) is 31.4 Å². The van der Waals surface area contributed by atoms with E-state index in [2.05, 4.69) is 5.32 Å². The fourth-order valence-electron chi connectivity index (χ4n) is 1.53. The molecule has 1 amide bonds. The number of hydrogen-bond acceptors (Lipinski definition) is 5. The zero-order valence-electron chi connectivity index (χ0n) is 12.1. The Morgan fingerprint density at radius 3 is 2.57 bits per heavy atom. The van der Waals surface area contributed by atoms with Crippen LogP contribution in [0.3, 0.4) is 0 Å². The highest BCUT2D eigenvalue weighted by atomic mass is 35.7. The summed E-state index contributed by atoms with van der Waals surface area (Å²) < 4.78 is 32.9. The Bertz CT molecular complexity index is 601. The van der Waals surface area contributed by atoms with E-state index in [0.29, 0.717) is 11.3 Å². The Labute approximate surface area is 128 Å². The first-order chi connectivity index (χ1) is 9.74. The normalized spacial score (nSPS) is 11.5. The highest BCUT2D eigenvalue weighted by molar-refractivity contribution is 8.13. The first-order valence-corrected chi connectivity index (χ1v) is 8.55. The van der Waals surface area contributed by atoms with Crippen molar-refractivity contribution in [3.05, 3.63) is 23.8 Å². The van der Waals surface area contributed by atoms with Gasteiger partial charge in [-0.15, -0.1) is 0 Å². The molecule has 6 nitrogen and oxygen atoms in total. The minimum atomic E-state index is -3.83. The van der Waals surface area contributed by atoms with Gasteiger partial charge in [0.15, 0.2) is 0 Å². The molecule has 1 N–H and O–H groups in total. The van der Waals surface area contributed by atoms with Crippen molar-refractivity contribution < 1.29 is 22.7 Å². The largest absolute Gasteiger partial charge is 0.496 e. The molecule has 21 heavy (non-hydrogen) atoms. The fourth-order valence-corrected chi connectivity index (χ4v) is 2.33. The molecule has 0 spiro atoms. The van der Waals surface area contributed by atoms with Gasteiger partial charge >= 0.3 is 0 Å². The van der Waals surface area contributed by atoms with E-state index in [-0.39, 0.29) is 30.1 Å². The van der Waals surface area contributed by atoms with Gasteiger partial charge in [-0.2, -0.15) is 0 Å². The molecule has 1 rings (SSSR count). The molecule has 0 saturated carbocycles. The number of methoxy groups -OCH3 is 1. The third-order valence-corrected chi connectivity index (χ3v) is 3.91. The first-order valence-electron chi connectivity index (χ1n) is 6.24. The van der Waals surface area contributed by atoms with Crippen LogP contribution in [-0.2, 0) is 25.1 Å². The Balaban J connectivity index is 2.79. The number of amides is 1. The van der Waals surface area contributed by atoms with E-state index >= 15 is 0 Å². The molecule has 118 valence electrons. The van der Waals surface area contributed by atoms with Crippen LogP contribution in [0.25, 0.3) is 0 Å². The number of halogens is 1. The van der Waals surface area contributed by atoms with Gasteiger partial charge in [-0.3, -0.25) is 4.79 Å². The van der Waals surface area contributed by atoms with Gasteiger partial charge in [0.2, 0.25) is 5.91 Å². The van der Waals surface area contributed by atoms with Crippen LogP contribution in [-0.4, -0.2) is 34.1 Å². The lowest BCUT2D eigenvalue weighted by atomic mass is 10.2. The van der Waals surface area contributed by atoms with Crippen molar-refractivity contribution in [3.8, 4) is 5.75 Å². The van der Waals surface area contributed by atoms with Crippen molar-refractivity contribution in [1.29, 1.82) is 0 Å². The number of ether oxygens (including phenoxy) is 2. The Kier molecular flexibility index (Phi) is 6.44. The number of hydrogen-bond donors (Lipinski definition) is 1. The maximum absolute atomic E-state index is 11.6. The van der Waals surface area contributed by atoms with E-state index in [1.165, 1.54) is 25.3 Å². The SMILES string of the molecule is COc1ccc(S(=O)(=O)Cl)cc1CNC(=O)COC(C)C. The number of benzene rings is 1. The van der Waals surface area contributed by atoms with E-state index in [1.54, 1.807) is 0 Å². The third-order valence-electron chi connectivity index (χ3n) is 2.56. The van der Waals surface area contributed by atoms with E-state index in [4.69, 9.17) is 20.2 Å². The number of carbonyl (C=O) groups excluding carboxylic acids is 1. The summed E-state index contributed by atoms with van der Waals surface area (Å²) >= 11 is 0. The number of rotatable bonds is 7. The van der Waals surface area contributed by atoms with Gasteiger partial charge in [0, 0.05) is 22.8 Å². The van der Waals surface area contributed by atoms with Crippen LogP contribution >= 0.6 is 10.7 Å². The van der Waals surface area contributed by atoms with Crippen molar-refractivity contribution in [1.82, 2.24) is 5.32 Å². The molecular formula is C13H18ClNO5S. The summed E-state index contributed by atoms with van der Waals surface area (Å²) in [6.45, 7) is 3.70. The zero-order chi connectivity index (χ0) is 16.0. The second kappa shape index (κ2) is 7.63. The lowest BCUT2D eigenvalue weighted by Gasteiger charge is -2.12. The summed E-state index contributed by atoms with van der Waals surface area (Å²) in [7, 11) is 2.92. The molecule has 0 atom stereocenters. The number of nitrogens with one attached hydrogen (secondary N) is 1. The average molecular weight is 336 g/mol. The molecule has 0 aromatic heterocycles. The monoisotopic (exact) mass is 335 g/mol. The summed E-state index contributed by atoms with van der Waals surface area (Å²) in [5.41, 5.74) is 0.511. The summed E-state index contributed by atoms with van der Waals surface area (Å²) in [5.74, 6) is 0.161. The minimum Gasteiger partial charge on any atom is -0.496 e. The topological polar surface area (TPSA) is 81.7 Å². The molecule has 0 saturated heterocycles. The highest BCUT2D eigenvalue weighted by Gasteiger charge is 2.14. The van der Waals surface area contributed by atoms with Crippen molar-refractivity contribution in [3.63, 3.8) is 0 Å². The predicted octanol–water partition coefficient (Wildman–Crippen LogP) is 1.66. The van der Waals surface area contributed by atoms with Gasteiger partial charge in [-0.1, -0.05) is 0 Å². The lowest BCUT2D eigenvalue weighted by Crippen LogP contribution is -2.28. The second-order valence-electron chi connectivity index (χ2n) is 4.55. The van der Waals surface area contributed by atoms with E-state index in [0.717, 1.165) is 0 Å². The van der Waals surface area contributed by atoms with Crippen LogP contribution in [0, 0.1) is 0 Å². The quantitative estimate of drug-likeness (QED) is 0.766. The van der Waals surface area contributed by atoms with Crippen LogP contribution in [0.5, 0.6) is 5.75 Å². The lowest BCUT2D eigenvalue weighted by molar-refractivity contribution is -0.127. The fraction of sp³-hybridized carbons (Fsp3) is 0.462. The smallest absolute Gasteiger partial charge is 0.261 e. The summed E-state index contributed by atoms with van der Waals surface area (Å²) in [6, 6.07) is 4.19. The van der Waals surface area contributed by atoms with E-state index in [1.807, 2.05) is 13.8 Å². The maximum Gasteiger partial charge on any atom is 0.261 e. The first kappa shape index (κ1) is 17.7. The van der Waals surface area contributed by atoms with Crippen LogP contribution in [0.4, 0.5) is 0 Å². The molecule has 0 fully saturated rings.